The number of nitrogens with zero attached hydrogens (tertiary/aromatic N) is 2. The van der Waals surface area contributed by atoms with Crippen molar-refractivity contribution in [3.8, 4) is 0 Å². The summed E-state index contributed by atoms with van der Waals surface area (Å²) < 4.78 is 0. The topological polar surface area (TPSA) is 51.8 Å². The fourth-order valence-electron chi connectivity index (χ4n) is 1.13. The van der Waals surface area contributed by atoms with E-state index >= 15 is 0 Å². The lowest BCUT2D eigenvalue weighted by atomic mass is 10.2. The van der Waals surface area contributed by atoms with Gasteiger partial charge in [-0.05, 0) is 25.1 Å². The molecule has 0 saturated carbocycles. The first kappa shape index (κ1) is 7.03. The maximum Gasteiger partial charge on any atom is 0.125 e. The van der Waals surface area contributed by atoms with E-state index in [-0.39, 0.29) is 0 Å². The number of fused-ring (bicyclic) bond motifs is 1. The van der Waals surface area contributed by atoms with Gasteiger partial charge < -0.3 is 5.73 Å². The second-order valence-corrected chi connectivity index (χ2v) is 2.74. The van der Waals surface area contributed by atoms with Crippen molar-refractivity contribution in [2.24, 2.45) is 0 Å². The van der Waals surface area contributed by atoms with Gasteiger partial charge in [0.1, 0.15) is 5.82 Å². The molecule has 0 unspecified atom stereocenters. The van der Waals surface area contributed by atoms with Crippen molar-refractivity contribution in [2.45, 2.75) is 6.92 Å². The lowest BCUT2D eigenvalue weighted by Crippen LogP contribution is -1.89. The maximum atomic E-state index is 5.61. The standard InChI is InChI=1S/C9H9N3/c1-6-11-5-7-2-3-8(10)4-9(7)12-6/h2-5H,10H2,1H3. The van der Waals surface area contributed by atoms with Gasteiger partial charge in [0.05, 0.1) is 5.52 Å². The largest absolute Gasteiger partial charge is 0.399 e. The quantitative estimate of drug-likeness (QED) is 0.593. The molecule has 1 aromatic heterocycles. The van der Waals surface area contributed by atoms with Gasteiger partial charge in [-0.1, -0.05) is 0 Å². The summed E-state index contributed by atoms with van der Waals surface area (Å²) in [5, 5.41) is 1.02. The van der Waals surface area contributed by atoms with Crippen molar-refractivity contribution < 1.29 is 0 Å². The van der Waals surface area contributed by atoms with Crippen LogP contribution >= 0.6 is 0 Å². The Bertz CT molecular complexity index is 386. The molecule has 3 nitrogen and oxygen atoms in total. The Labute approximate surface area is 70.3 Å². The summed E-state index contributed by atoms with van der Waals surface area (Å²) in [6.45, 7) is 1.86. The van der Waals surface area contributed by atoms with Gasteiger partial charge in [-0.2, -0.15) is 0 Å². The molecule has 2 N–H and O–H groups in total. The minimum atomic E-state index is 0.737. The van der Waals surface area contributed by atoms with E-state index in [0.29, 0.717) is 0 Å². The van der Waals surface area contributed by atoms with Crippen molar-refractivity contribution in [3.63, 3.8) is 0 Å². The van der Waals surface area contributed by atoms with E-state index in [1.807, 2.05) is 25.1 Å². The van der Waals surface area contributed by atoms with Crippen LogP contribution in [0.15, 0.2) is 24.4 Å². The van der Waals surface area contributed by atoms with Crippen LogP contribution in [0.5, 0.6) is 0 Å². The second-order valence-electron chi connectivity index (χ2n) is 2.74. The van der Waals surface area contributed by atoms with Crippen LogP contribution in [-0.2, 0) is 0 Å². The first-order valence-electron chi connectivity index (χ1n) is 3.74. The van der Waals surface area contributed by atoms with Gasteiger partial charge in [0.2, 0.25) is 0 Å². The van der Waals surface area contributed by atoms with Crippen LogP contribution < -0.4 is 5.73 Å². The highest BCUT2D eigenvalue weighted by Crippen LogP contribution is 2.13. The average molecular weight is 159 g/mol. The highest BCUT2D eigenvalue weighted by molar-refractivity contribution is 5.80. The number of rotatable bonds is 0. The summed E-state index contributed by atoms with van der Waals surface area (Å²) in [6, 6.07) is 5.62. The molecule has 0 amide bonds. The van der Waals surface area contributed by atoms with Crippen molar-refractivity contribution in [2.75, 3.05) is 5.73 Å². The molecule has 0 aliphatic rings. The summed E-state index contributed by atoms with van der Waals surface area (Å²) >= 11 is 0. The SMILES string of the molecule is Cc1ncc2ccc(N)cc2n1. The predicted octanol–water partition coefficient (Wildman–Crippen LogP) is 1.52. The molecule has 60 valence electrons. The van der Waals surface area contributed by atoms with E-state index in [1.165, 1.54) is 0 Å². The molecule has 1 aromatic carbocycles. The third-order valence-electron chi connectivity index (χ3n) is 1.73. The minimum Gasteiger partial charge on any atom is -0.399 e. The van der Waals surface area contributed by atoms with Crippen LogP contribution in [0, 0.1) is 6.92 Å². The third-order valence-corrected chi connectivity index (χ3v) is 1.73. The summed E-state index contributed by atoms with van der Waals surface area (Å²) in [7, 11) is 0. The predicted molar refractivity (Wildman–Crippen MR) is 48.7 cm³/mol. The Balaban J connectivity index is 2.80. The highest BCUT2D eigenvalue weighted by atomic mass is 14.9. The number of aromatic nitrogens is 2. The highest BCUT2D eigenvalue weighted by Gasteiger charge is 1.95. The van der Waals surface area contributed by atoms with Crippen LogP contribution in [-0.4, -0.2) is 9.97 Å². The zero-order valence-electron chi connectivity index (χ0n) is 6.78. The van der Waals surface area contributed by atoms with Gasteiger partial charge in [0.25, 0.3) is 0 Å². The number of hydrogen-bond acceptors (Lipinski definition) is 3. The van der Waals surface area contributed by atoms with Crippen molar-refractivity contribution in [3.05, 3.63) is 30.2 Å². The van der Waals surface area contributed by atoms with Crippen LogP contribution in [0.4, 0.5) is 5.69 Å². The summed E-state index contributed by atoms with van der Waals surface area (Å²) in [4.78, 5) is 8.33. The monoisotopic (exact) mass is 159 g/mol. The Morgan fingerprint density at radius 1 is 1.33 bits per heavy atom. The molecule has 0 aliphatic heterocycles. The van der Waals surface area contributed by atoms with Crippen molar-refractivity contribution in [1.82, 2.24) is 9.97 Å². The van der Waals surface area contributed by atoms with Gasteiger partial charge in [0.15, 0.2) is 0 Å². The molecular weight excluding hydrogens is 150 g/mol. The number of aryl methyl sites for hydroxylation is 1. The maximum absolute atomic E-state index is 5.61. The summed E-state index contributed by atoms with van der Waals surface area (Å²) in [5.41, 5.74) is 7.26. The number of benzene rings is 1. The van der Waals surface area contributed by atoms with E-state index in [4.69, 9.17) is 5.73 Å². The molecule has 0 saturated heterocycles. The van der Waals surface area contributed by atoms with Crippen molar-refractivity contribution >= 4 is 16.6 Å². The molecule has 1 heterocycles. The van der Waals surface area contributed by atoms with Gasteiger partial charge in [0, 0.05) is 17.3 Å². The fourth-order valence-corrected chi connectivity index (χ4v) is 1.13. The zero-order chi connectivity index (χ0) is 8.55. The molecule has 3 heteroatoms. The summed E-state index contributed by atoms with van der Waals surface area (Å²) in [5.74, 6) is 0.771. The fraction of sp³-hybridized carbons (Fsp3) is 0.111. The van der Waals surface area contributed by atoms with Crippen LogP contribution in [0.1, 0.15) is 5.82 Å². The number of hydrogen-bond donors (Lipinski definition) is 1. The Kier molecular flexibility index (Phi) is 1.43. The zero-order valence-corrected chi connectivity index (χ0v) is 6.78. The van der Waals surface area contributed by atoms with Gasteiger partial charge in [-0.3, -0.25) is 0 Å². The van der Waals surface area contributed by atoms with Gasteiger partial charge in [-0.25, -0.2) is 9.97 Å². The number of nitrogen functional groups attached to an aromatic ring is 1. The molecule has 2 rings (SSSR count). The lowest BCUT2D eigenvalue weighted by molar-refractivity contribution is 1.09. The Morgan fingerprint density at radius 2 is 2.17 bits per heavy atom. The lowest BCUT2D eigenvalue weighted by Gasteiger charge is -1.98. The smallest absolute Gasteiger partial charge is 0.125 e. The second kappa shape index (κ2) is 2.44. The molecule has 0 spiro atoms. The van der Waals surface area contributed by atoms with Crippen LogP contribution in [0.3, 0.4) is 0 Å². The van der Waals surface area contributed by atoms with E-state index in [9.17, 15) is 0 Å². The molecular formula is C9H9N3. The molecule has 12 heavy (non-hydrogen) atoms. The van der Waals surface area contributed by atoms with Crippen molar-refractivity contribution in [1.29, 1.82) is 0 Å². The molecule has 0 radical (unpaired) electrons. The summed E-state index contributed by atoms with van der Waals surface area (Å²) in [6.07, 6.45) is 1.80. The minimum absolute atomic E-state index is 0.737. The van der Waals surface area contributed by atoms with Crippen LogP contribution in [0.25, 0.3) is 10.9 Å². The number of nitrogens with two attached hydrogens (primary N) is 1. The van der Waals surface area contributed by atoms with E-state index in [0.717, 1.165) is 22.4 Å². The van der Waals surface area contributed by atoms with E-state index < -0.39 is 0 Å². The molecule has 0 atom stereocenters. The van der Waals surface area contributed by atoms with Crippen LogP contribution in [0.2, 0.25) is 0 Å². The molecule has 0 aliphatic carbocycles. The average Bonchev–Trinajstić information content (AvgIpc) is 2.03. The number of anilines is 1. The molecule has 0 fully saturated rings. The van der Waals surface area contributed by atoms with E-state index in [1.54, 1.807) is 6.20 Å². The van der Waals surface area contributed by atoms with Gasteiger partial charge >= 0.3 is 0 Å². The molecule has 2 aromatic rings. The third kappa shape index (κ3) is 1.09. The van der Waals surface area contributed by atoms with Gasteiger partial charge in [-0.15, -0.1) is 0 Å². The Hall–Kier alpha value is -1.64. The normalized spacial score (nSPS) is 10.4. The first-order chi connectivity index (χ1) is 5.75. The van der Waals surface area contributed by atoms with E-state index in [2.05, 4.69) is 9.97 Å². The first-order valence-corrected chi connectivity index (χ1v) is 3.74. The Morgan fingerprint density at radius 3 is 3.00 bits per heavy atom. The molecule has 0 bridgehead atoms.